The van der Waals surface area contributed by atoms with Crippen LogP contribution in [0.3, 0.4) is 0 Å². The number of ether oxygens (including phenoxy) is 1. The first kappa shape index (κ1) is 19.9. The Balaban J connectivity index is 1.55. The molecule has 2 aromatic carbocycles. The lowest BCUT2D eigenvalue weighted by Gasteiger charge is -2.39. The zero-order chi connectivity index (χ0) is 19.7. The van der Waals surface area contributed by atoms with Crippen molar-refractivity contribution in [3.63, 3.8) is 0 Å². The quantitative estimate of drug-likeness (QED) is 0.626. The molecule has 0 bridgehead atoms. The average molecular weight is 403 g/mol. The molecule has 6 atom stereocenters. The maximum absolute atomic E-state index is 10.3. The molecule has 1 fully saturated rings. The van der Waals surface area contributed by atoms with Crippen molar-refractivity contribution in [1.29, 1.82) is 0 Å². The molecule has 28 heavy (non-hydrogen) atoms. The summed E-state index contributed by atoms with van der Waals surface area (Å²) in [7, 11) is 0. The van der Waals surface area contributed by atoms with Gasteiger partial charge in [0, 0.05) is 10.8 Å². The van der Waals surface area contributed by atoms with Crippen molar-refractivity contribution in [2.75, 3.05) is 6.61 Å². The van der Waals surface area contributed by atoms with Gasteiger partial charge >= 0.3 is 0 Å². The lowest BCUT2D eigenvalue weighted by molar-refractivity contribution is -0.205. The number of thioether (sulfide) groups is 1. The van der Waals surface area contributed by atoms with Crippen LogP contribution >= 0.6 is 11.8 Å². The van der Waals surface area contributed by atoms with Crippen molar-refractivity contribution in [3.05, 3.63) is 65.2 Å². The van der Waals surface area contributed by atoms with E-state index in [2.05, 4.69) is 36.4 Å². The highest BCUT2D eigenvalue weighted by atomic mass is 32.2. The van der Waals surface area contributed by atoms with Gasteiger partial charge in [0.15, 0.2) is 0 Å². The second-order valence-electron chi connectivity index (χ2n) is 7.53. The van der Waals surface area contributed by atoms with Gasteiger partial charge in [0.1, 0.15) is 29.9 Å². The number of aliphatic hydroxyl groups is 4. The highest BCUT2D eigenvalue weighted by Gasteiger charge is 2.43. The Morgan fingerprint density at radius 2 is 1.79 bits per heavy atom. The lowest BCUT2D eigenvalue weighted by Crippen LogP contribution is -2.57. The zero-order valence-electron chi connectivity index (χ0n) is 15.5. The molecule has 5 nitrogen and oxygen atoms in total. The van der Waals surface area contributed by atoms with Gasteiger partial charge in [-0.25, -0.2) is 0 Å². The van der Waals surface area contributed by atoms with E-state index in [1.165, 1.54) is 28.5 Å². The van der Waals surface area contributed by atoms with E-state index in [-0.39, 0.29) is 0 Å². The molecule has 0 aromatic heterocycles. The minimum Gasteiger partial charge on any atom is -0.394 e. The largest absolute Gasteiger partial charge is 0.394 e. The van der Waals surface area contributed by atoms with Crippen molar-refractivity contribution >= 4 is 11.8 Å². The third-order valence-corrected chi connectivity index (χ3v) is 6.88. The average Bonchev–Trinajstić information content (AvgIpc) is 2.74. The monoisotopic (exact) mass is 402 g/mol. The summed E-state index contributed by atoms with van der Waals surface area (Å²) in [6.45, 7) is -0.416. The van der Waals surface area contributed by atoms with E-state index in [9.17, 15) is 20.4 Å². The number of fused-ring (bicyclic) bond motifs is 1. The summed E-state index contributed by atoms with van der Waals surface area (Å²) < 4.78 is 5.63. The first-order valence-corrected chi connectivity index (χ1v) is 10.6. The van der Waals surface area contributed by atoms with Gasteiger partial charge in [0.25, 0.3) is 0 Å². The molecule has 5 unspecified atom stereocenters. The zero-order valence-corrected chi connectivity index (χ0v) is 16.3. The molecule has 1 saturated heterocycles. The van der Waals surface area contributed by atoms with Gasteiger partial charge in [-0.05, 0) is 48.1 Å². The standard InChI is InChI=1S/C22H26O5S/c23-12-18-19(24)20(25)21(26)22(27-18)28-15-8-3-7-14(11-15)17-10-4-6-13-5-1-2-9-16(13)17/h1-3,5,7-9,11,17-26H,4,6,10,12H2/t17?,18?,19?,20?,21?,22-/m0/s1. The Labute approximate surface area is 169 Å². The van der Waals surface area contributed by atoms with Crippen molar-refractivity contribution in [2.24, 2.45) is 0 Å². The van der Waals surface area contributed by atoms with E-state index >= 15 is 0 Å². The maximum atomic E-state index is 10.3. The first-order chi connectivity index (χ1) is 13.6. The van der Waals surface area contributed by atoms with Gasteiger partial charge in [-0.3, -0.25) is 0 Å². The summed E-state index contributed by atoms with van der Waals surface area (Å²) >= 11 is 1.30. The molecule has 2 aliphatic rings. The number of hydrogen-bond donors (Lipinski definition) is 4. The van der Waals surface area contributed by atoms with Gasteiger partial charge in [0.05, 0.1) is 6.61 Å². The van der Waals surface area contributed by atoms with Gasteiger partial charge in [-0.2, -0.15) is 0 Å². The number of benzene rings is 2. The topological polar surface area (TPSA) is 90.2 Å². The Morgan fingerprint density at radius 1 is 0.964 bits per heavy atom. The van der Waals surface area contributed by atoms with Gasteiger partial charge in [-0.15, -0.1) is 0 Å². The van der Waals surface area contributed by atoms with Crippen LogP contribution in [0.2, 0.25) is 0 Å². The highest BCUT2D eigenvalue weighted by molar-refractivity contribution is 7.99. The van der Waals surface area contributed by atoms with Gasteiger partial charge in [-0.1, -0.05) is 48.2 Å². The van der Waals surface area contributed by atoms with Crippen LogP contribution in [-0.2, 0) is 11.2 Å². The van der Waals surface area contributed by atoms with Crippen LogP contribution in [-0.4, -0.2) is 56.9 Å². The predicted octanol–water partition coefficient (Wildman–Crippen LogP) is 2.05. The molecule has 2 aromatic rings. The fourth-order valence-corrected chi connectivity index (χ4v) is 5.33. The second kappa shape index (κ2) is 8.53. The summed E-state index contributed by atoms with van der Waals surface area (Å²) in [5.74, 6) is 0.348. The summed E-state index contributed by atoms with van der Waals surface area (Å²) in [6, 6.07) is 16.8. The van der Waals surface area contributed by atoms with Crippen LogP contribution in [0.5, 0.6) is 0 Å². The van der Waals surface area contributed by atoms with Crippen LogP contribution < -0.4 is 0 Å². The number of aryl methyl sites for hydroxylation is 1. The summed E-state index contributed by atoms with van der Waals surface area (Å²) in [5, 5.41) is 39.6. The van der Waals surface area contributed by atoms with Crippen molar-refractivity contribution in [3.8, 4) is 0 Å². The lowest BCUT2D eigenvalue weighted by atomic mass is 9.79. The fourth-order valence-electron chi connectivity index (χ4n) is 4.20. The second-order valence-corrected chi connectivity index (χ2v) is 8.70. The minimum atomic E-state index is -1.35. The molecular weight excluding hydrogens is 376 g/mol. The van der Waals surface area contributed by atoms with Crippen molar-refractivity contribution in [2.45, 2.75) is 59.9 Å². The van der Waals surface area contributed by atoms with Gasteiger partial charge in [0.2, 0.25) is 0 Å². The van der Waals surface area contributed by atoms with E-state index in [1.54, 1.807) is 0 Å². The molecule has 6 heteroatoms. The molecule has 0 amide bonds. The van der Waals surface area contributed by atoms with Crippen LogP contribution in [0, 0.1) is 0 Å². The Bertz CT molecular complexity index is 811. The molecule has 4 rings (SSSR count). The van der Waals surface area contributed by atoms with Crippen molar-refractivity contribution in [1.82, 2.24) is 0 Å². The number of hydrogen-bond acceptors (Lipinski definition) is 6. The van der Waals surface area contributed by atoms with Gasteiger partial charge < -0.3 is 25.2 Å². The summed E-state index contributed by atoms with van der Waals surface area (Å²) in [5.41, 5.74) is 3.25. The third kappa shape index (κ3) is 3.85. The number of aliphatic hydroxyl groups excluding tert-OH is 4. The van der Waals surface area contributed by atoms with E-state index in [1.807, 2.05) is 12.1 Å². The molecule has 0 spiro atoms. The first-order valence-electron chi connectivity index (χ1n) is 9.73. The molecule has 150 valence electrons. The third-order valence-electron chi connectivity index (χ3n) is 5.73. The molecule has 4 N–H and O–H groups in total. The Hall–Kier alpha value is -1.41. The van der Waals surface area contributed by atoms with Crippen LogP contribution in [0.15, 0.2) is 53.4 Å². The number of rotatable bonds is 4. The molecule has 0 radical (unpaired) electrons. The smallest absolute Gasteiger partial charge is 0.136 e. The molecule has 1 aliphatic heterocycles. The Morgan fingerprint density at radius 3 is 2.61 bits per heavy atom. The van der Waals surface area contributed by atoms with Crippen LogP contribution in [0.4, 0.5) is 0 Å². The molecule has 1 heterocycles. The summed E-state index contributed by atoms with van der Waals surface area (Å²) in [4.78, 5) is 0.921. The van der Waals surface area contributed by atoms with E-state index in [0.29, 0.717) is 5.92 Å². The highest BCUT2D eigenvalue weighted by Crippen LogP contribution is 2.39. The predicted molar refractivity (Wildman–Crippen MR) is 107 cm³/mol. The normalized spacial score (nSPS) is 32.7. The van der Waals surface area contributed by atoms with E-state index in [4.69, 9.17) is 4.74 Å². The molecule has 0 saturated carbocycles. The molecular formula is C22H26O5S. The van der Waals surface area contributed by atoms with Crippen LogP contribution in [0.25, 0.3) is 0 Å². The SMILES string of the molecule is OCC1O[C@@H](Sc2cccc(C3CCCc4ccccc43)c2)C(O)C(O)C1O. The van der Waals surface area contributed by atoms with Crippen molar-refractivity contribution < 1.29 is 25.2 Å². The maximum Gasteiger partial charge on any atom is 0.136 e. The minimum absolute atomic E-state index is 0.348. The molecule has 1 aliphatic carbocycles. The summed E-state index contributed by atoms with van der Waals surface area (Å²) in [6.07, 6.45) is -1.42. The van der Waals surface area contributed by atoms with E-state index < -0.39 is 36.5 Å². The van der Waals surface area contributed by atoms with Crippen LogP contribution in [0.1, 0.15) is 35.4 Å². The Kier molecular flexibility index (Phi) is 6.06. The fraction of sp³-hybridized carbons (Fsp3) is 0.455. The van der Waals surface area contributed by atoms with E-state index in [0.717, 1.165) is 24.2 Å².